The van der Waals surface area contributed by atoms with Crippen molar-refractivity contribution in [2.75, 3.05) is 48.1 Å². The van der Waals surface area contributed by atoms with E-state index in [9.17, 15) is 0 Å². The summed E-state index contributed by atoms with van der Waals surface area (Å²) in [5.41, 5.74) is 0. The molecule has 0 radical (unpaired) electrons. The van der Waals surface area contributed by atoms with Crippen LogP contribution >= 0.6 is 0 Å². The van der Waals surface area contributed by atoms with Crippen LogP contribution in [-0.2, 0) is 14.2 Å². The van der Waals surface area contributed by atoms with E-state index in [0.717, 1.165) is 32.2 Å². The first-order valence-electron chi connectivity index (χ1n) is 5.48. The van der Waals surface area contributed by atoms with Gasteiger partial charge >= 0.3 is 0 Å². The summed E-state index contributed by atoms with van der Waals surface area (Å²) in [6.45, 7) is 2.80. The molecule has 0 rings (SSSR count). The highest BCUT2D eigenvalue weighted by atomic mass is 28.2. The molecule has 0 fully saturated rings. The molecule has 0 heterocycles. The lowest BCUT2D eigenvalue weighted by atomic mass is 10.4. The van der Waals surface area contributed by atoms with E-state index < -0.39 is 0 Å². The summed E-state index contributed by atoms with van der Waals surface area (Å²) in [4.78, 5) is 2.17. The van der Waals surface area contributed by atoms with E-state index in [1.807, 2.05) is 0 Å². The number of hydrogen-bond donors (Lipinski definition) is 0. The van der Waals surface area contributed by atoms with Crippen molar-refractivity contribution < 1.29 is 14.2 Å². The average molecular weight is 235 g/mol. The van der Waals surface area contributed by atoms with E-state index in [2.05, 4.69) is 19.0 Å². The van der Waals surface area contributed by atoms with E-state index in [-0.39, 0.29) is 15.4 Å². The minimum Gasteiger partial charge on any atom is -0.382 e. The lowest BCUT2D eigenvalue weighted by Gasteiger charge is -2.12. The van der Waals surface area contributed by atoms with E-state index in [4.69, 9.17) is 14.2 Å². The van der Waals surface area contributed by atoms with Crippen LogP contribution in [0, 0.1) is 0 Å². The van der Waals surface area contributed by atoms with Crippen molar-refractivity contribution >= 4 is 9.52 Å². The molecule has 0 saturated carbocycles. The van der Waals surface area contributed by atoms with Crippen LogP contribution in [0.15, 0.2) is 0 Å². The zero-order valence-electron chi connectivity index (χ0n) is 10.5. The first kappa shape index (κ1) is 15.1. The quantitative estimate of drug-likeness (QED) is 0.306. The normalized spacial score (nSPS) is 12.4. The van der Waals surface area contributed by atoms with Crippen molar-refractivity contribution in [2.24, 2.45) is 0 Å². The maximum atomic E-state index is 5.52. The van der Waals surface area contributed by atoms with Gasteiger partial charge in [0.15, 0.2) is 0 Å². The minimum absolute atomic E-state index is 0.0513. The maximum absolute atomic E-state index is 5.52. The van der Waals surface area contributed by atoms with Crippen LogP contribution in [-0.4, -0.2) is 68.4 Å². The van der Waals surface area contributed by atoms with Crippen molar-refractivity contribution in [2.45, 2.75) is 18.4 Å². The lowest BCUT2D eigenvalue weighted by Crippen LogP contribution is -2.22. The molecule has 0 aliphatic rings. The Morgan fingerprint density at radius 1 is 1.13 bits per heavy atom. The molecule has 0 bridgehead atoms. The van der Waals surface area contributed by atoms with Gasteiger partial charge in [-0.3, -0.25) is 0 Å². The summed E-state index contributed by atoms with van der Waals surface area (Å²) < 4.78 is 15.8. The van der Waals surface area contributed by atoms with Crippen molar-refractivity contribution in [1.82, 2.24) is 4.90 Å². The number of hydrogen-bond acceptors (Lipinski definition) is 4. The van der Waals surface area contributed by atoms with Crippen LogP contribution in [0.1, 0.15) is 6.42 Å². The zero-order chi connectivity index (χ0) is 11.5. The summed E-state index contributed by atoms with van der Waals surface area (Å²) in [5, 5.41) is 0. The molecule has 0 aliphatic carbocycles. The molecule has 0 aromatic carbocycles. The molecular weight excluding hydrogens is 210 g/mol. The summed E-state index contributed by atoms with van der Waals surface area (Å²) >= 11 is 0. The molecule has 0 N–H and O–H groups in total. The Morgan fingerprint density at radius 3 is 2.33 bits per heavy atom. The summed E-state index contributed by atoms with van der Waals surface area (Å²) in [6, 6.07) is 1.12. The Morgan fingerprint density at radius 2 is 1.80 bits per heavy atom. The summed E-state index contributed by atoms with van der Waals surface area (Å²) in [5.74, 6) is 0.0513. The van der Waals surface area contributed by atoms with Crippen LogP contribution in [0.2, 0.25) is 6.04 Å². The van der Waals surface area contributed by atoms with E-state index >= 15 is 0 Å². The third kappa shape index (κ3) is 10.3. The molecule has 0 saturated heterocycles. The van der Waals surface area contributed by atoms with Gasteiger partial charge in [-0.05, 0) is 33.1 Å². The lowest BCUT2D eigenvalue weighted by molar-refractivity contribution is -0.0445. The fraction of sp³-hybridized carbons (Fsp3) is 1.00. The molecule has 0 unspecified atom stereocenters. The molecule has 0 aromatic rings. The number of ether oxygens (including phenoxy) is 3. The van der Waals surface area contributed by atoms with Gasteiger partial charge in [-0.1, -0.05) is 0 Å². The van der Waals surface area contributed by atoms with Gasteiger partial charge in [0.05, 0.1) is 9.52 Å². The van der Waals surface area contributed by atoms with Crippen LogP contribution in [0.5, 0.6) is 0 Å². The third-order valence-corrected chi connectivity index (χ3v) is 3.98. The number of nitrogens with zero attached hydrogens (tertiary/aromatic N) is 1. The maximum Gasteiger partial charge on any atom is 0.134 e. The second-order valence-electron chi connectivity index (χ2n) is 3.81. The average Bonchev–Trinajstić information content (AvgIpc) is 2.22. The van der Waals surface area contributed by atoms with Gasteiger partial charge < -0.3 is 19.1 Å². The third-order valence-electron chi connectivity index (χ3n) is 2.15. The SMILES string of the molecule is COC(OC)[SiH2]CCOCCCN(C)C. The molecule has 0 atom stereocenters. The first-order valence-corrected chi connectivity index (χ1v) is 7.30. The largest absolute Gasteiger partial charge is 0.382 e. The second kappa shape index (κ2) is 10.6. The molecule has 0 aromatic heterocycles. The Labute approximate surface area is 95.7 Å². The molecule has 0 spiro atoms. The monoisotopic (exact) mass is 235 g/mol. The number of methoxy groups -OCH3 is 2. The predicted octanol–water partition coefficient (Wildman–Crippen LogP) is 0.118. The van der Waals surface area contributed by atoms with Crippen molar-refractivity contribution in [3.05, 3.63) is 0 Å². The minimum atomic E-state index is -0.305. The molecule has 0 amide bonds. The van der Waals surface area contributed by atoms with Crippen LogP contribution < -0.4 is 0 Å². The highest BCUT2D eigenvalue weighted by molar-refractivity contribution is 6.36. The zero-order valence-corrected chi connectivity index (χ0v) is 11.9. The Hall–Kier alpha value is 0.0569. The van der Waals surface area contributed by atoms with Crippen molar-refractivity contribution in [1.29, 1.82) is 0 Å². The number of rotatable bonds is 10. The smallest absolute Gasteiger partial charge is 0.134 e. The highest BCUT2D eigenvalue weighted by Gasteiger charge is 2.04. The highest BCUT2D eigenvalue weighted by Crippen LogP contribution is 1.94. The Balaban J connectivity index is 3.10. The van der Waals surface area contributed by atoms with E-state index in [1.54, 1.807) is 14.2 Å². The van der Waals surface area contributed by atoms with Gasteiger partial charge in [0.25, 0.3) is 0 Å². The molecule has 15 heavy (non-hydrogen) atoms. The molecule has 5 heteroatoms. The summed E-state index contributed by atoms with van der Waals surface area (Å²) in [6.07, 6.45) is 1.10. The Kier molecular flexibility index (Phi) is 10.6. The first-order chi connectivity index (χ1) is 7.20. The fourth-order valence-electron chi connectivity index (χ4n) is 1.27. The standard InChI is InChI=1S/C10H25NO3Si/c1-11(2)6-5-7-14-8-9-15-10(12-3)13-4/h10H,5-9,15H2,1-4H3. The summed E-state index contributed by atoms with van der Waals surface area (Å²) in [7, 11) is 7.24. The molecule has 4 nitrogen and oxygen atoms in total. The van der Waals surface area contributed by atoms with Crippen LogP contribution in [0.4, 0.5) is 0 Å². The van der Waals surface area contributed by atoms with Gasteiger partial charge in [-0.2, -0.15) is 0 Å². The van der Waals surface area contributed by atoms with Crippen LogP contribution in [0.3, 0.4) is 0 Å². The molecular formula is C10H25NO3Si. The van der Waals surface area contributed by atoms with Gasteiger partial charge in [0.2, 0.25) is 0 Å². The van der Waals surface area contributed by atoms with Gasteiger partial charge in [0, 0.05) is 27.4 Å². The second-order valence-corrected chi connectivity index (χ2v) is 5.76. The predicted molar refractivity (Wildman–Crippen MR) is 65.1 cm³/mol. The van der Waals surface area contributed by atoms with Gasteiger partial charge in [-0.15, -0.1) is 0 Å². The van der Waals surface area contributed by atoms with Crippen molar-refractivity contribution in [3.8, 4) is 0 Å². The van der Waals surface area contributed by atoms with Crippen LogP contribution in [0.25, 0.3) is 0 Å². The van der Waals surface area contributed by atoms with Crippen molar-refractivity contribution in [3.63, 3.8) is 0 Å². The van der Waals surface area contributed by atoms with E-state index in [1.165, 1.54) is 0 Å². The molecule has 0 aliphatic heterocycles. The topological polar surface area (TPSA) is 30.9 Å². The van der Waals surface area contributed by atoms with Gasteiger partial charge in [-0.25, -0.2) is 0 Å². The van der Waals surface area contributed by atoms with Gasteiger partial charge in [0.1, 0.15) is 5.91 Å². The fourth-order valence-corrected chi connectivity index (χ4v) is 2.44. The molecule has 92 valence electrons. The Bertz CT molecular complexity index is 132. The van der Waals surface area contributed by atoms with E-state index in [0.29, 0.717) is 0 Å².